The zero-order valence-corrected chi connectivity index (χ0v) is 15.7. The quantitative estimate of drug-likeness (QED) is 0.722. The number of carbonyl (C=O) groups is 1. The summed E-state index contributed by atoms with van der Waals surface area (Å²) in [5, 5.41) is 6.50. The Morgan fingerprint density at radius 3 is 2.50 bits per heavy atom. The molecule has 1 saturated heterocycles. The van der Waals surface area contributed by atoms with Crippen LogP contribution in [0.25, 0.3) is 0 Å². The first kappa shape index (κ1) is 18.2. The van der Waals surface area contributed by atoms with Crippen LogP contribution in [0, 0.1) is 0 Å². The van der Waals surface area contributed by atoms with E-state index in [0.717, 1.165) is 31.0 Å². The van der Waals surface area contributed by atoms with Crippen molar-refractivity contribution in [3.8, 4) is 0 Å². The van der Waals surface area contributed by atoms with Crippen molar-refractivity contribution in [2.75, 3.05) is 24.5 Å². The molecule has 4 rings (SSSR count). The van der Waals surface area contributed by atoms with Crippen molar-refractivity contribution < 1.29 is 4.79 Å². The van der Waals surface area contributed by atoms with Crippen molar-refractivity contribution in [3.05, 3.63) is 95.7 Å². The number of piperazine rings is 1. The summed E-state index contributed by atoms with van der Waals surface area (Å²) in [5.74, 6) is 0.799. The Balaban J connectivity index is 1.38. The van der Waals surface area contributed by atoms with Crippen molar-refractivity contribution in [1.29, 1.82) is 0 Å². The lowest BCUT2D eigenvalue weighted by Crippen LogP contribution is -2.46. The lowest BCUT2D eigenvalue weighted by Gasteiger charge is -2.34. The van der Waals surface area contributed by atoms with Gasteiger partial charge in [0.05, 0.1) is 5.56 Å². The summed E-state index contributed by atoms with van der Waals surface area (Å²) in [5.41, 5.74) is 2.94. The van der Waals surface area contributed by atoms with Crippen molar-refractivity contribution in [3.63, 3.8) is 0 Å². The van der Waals surface area contributed by atoms with Crippen LogP contribution in [-0.2, 0) is 6.54 Å². The molecule has 0 aliphatic carbocycles. The third-order valence-electron chi connectivity index (χ3n) is 5.01. The van der Waals surface area contributed by atoms with Gasteiger partial charge in [0.1, 0.15) is 5.82 Å². The number of hydrogen-bond donors (Lipinski definition) is 2. The van der Waals surface area contributed by atoms with Crippen LogP contribution >= 0.6 is 0 Å². The average molecular weight is 372 g/mol. The topological polar surface area (TPSA) is 57.3 Å². The fourth-order valence-corrected chi connectivity index (χ4v) is 3.45. The lowest BCUT2D eigenvalue weighted by molar-refractivity contribution is 0.0950. The van der Waals surface area contributed by atoms with Crippen LogP contribution in [-0.4, -0.2) is 30.5 Å². The van der Waals surface area contributed by atoms with Crippen LogP contribution in [0.3, 0.4) is 0 Å². The molecule has 1 atom stereocenters. The van der Waals surface area contributed by atoms with Crippen molar-refractivity contribution in [2.45, 2.75) is 12.6 Å². The van der Waals surface area contributed by atoms with Crippen LogP contribution < -0.4 is 15.5 Å². The smallest absolute Gasteiger partial charge is 0.253 e. The van der Waals surface area contributed by atoms with Crippen molar-refractivity contribution >= 4 is 11.7 Å². The standard InChI is InChI=1S/C23H24N4O/c28-23(26-15-18-7-3-1-4-8-18)20-11-12-22(25-16-20)27-14-13-24-21(17-27)19-9-5-2-6-10-19/h1-12,16,21,24H,13-15,17H2,(H,26,28)/t21-/m0/s1. The first-order valence-corrected chi connectivity index (χ1v) is 9.61. The molecular formula is C23H24N4O. The van der Waals surface area contributed by atoms with Gasteiger partial charge in [-0.1, -0.05) is 60.7 Å². The van der Waals surface area contributed by atoms with Crippen molar-refractivity contribution in [1.82, 2.24) is 15.6 Å². The molecule has 5 heteroatoms. The number of amides is 1. The van der Waals surface area contributed by atoms with Crippen LogP contribution in [0.5, 0.6) is 0 Å². The van der Waals surface area contributed by atoms with E-state index in [-0.39, 0.29) is 11.9 Å². The fourth-order valence-electron chi connectivity index (χ4n) is 3.45. The summed E-state index contributed by atoms with van der Waals surface area (Å²) < 4.78 is 0. The minimum atomic E-state index is -0.106. The maximum absolute atomic E-state index is 12.4. The number of nitrogens with zero attached hydrogens (tertiary/aromatic N) is 2. The van der Waals surface area contributed by atoms with E-state index in [4.69, 9.17) is 0 Å². The first-order chi connectivity index (χ1) is 13.8. The van der Waals surface area contributed by atoms with E-state index in [1.807, 2.05) is 48.5 Å². The zero-order chi connectivity index (χ0) is 19.2. The van der Waals surface area contributed by atoms with Gasteiger partial charge in [0, 0.05) is 38.4 Å². The molecule has 2 N–H and O–H groups in total. The summed E-state index contributed by atoms with van der Waals surface area (Å²) in [6, 6.07) is 24.4. The molecule has 3 aromatic rings. The molecule has 5 nitrogen and oxygen atoms in total. The molecule has 28 heavy (non-hydrogen) atoms. The second-order valence-corrected chi connectivity index (χ2v) is 6.94. The molecule has 2 heterocycles. The highest BCUT2D eigenvalue weighted by molar-refractivity contribution is 5.94. The highest BCUT2D eigenvalue weighted by Gasteiger charge is 2.21. The molecule has 1 amide bonds. The summed E-state index contributed by atoms with van der Waals surface area (Å²) in [6.45, 7) is 3.17. The Morgan fingerprint density at radius 2 is 1.79 bits per heavy atom. The maximum atomic E-state index is 12.4. The van der Waals surface area contributed by atoms with Gasteiger partial charge in [-0.15, -0.1) is 0 Å². The molecule has 0 saturated carbocycles. The number of nitrogens with one attached hydrogen (secondary N) is 2. The van der Waals surface area contributed by atoms with Gasteiger partial charge in [-0.3, -0.25) is 4.79 Å². The number of aromatic nitrogens is 1. The molecular weight excluding hydrogens is 348 g/mol. The van der Waals surface area contributed by atoms with E-state index in [9.17, 15) is 4.79 Å². The Kier molecular flexibility index (Phi) is 5.64. The highest BCUT2D eigenvalue weighted by Crippen LogP contribution is 2.21. The third-order valence-corrected chi connectivity index (χ3v) is 5.01. The first-order valence-electron chi connectivity index (χ1n) is 9.61. The molecule has 0 radical (unpaired) electrons. The summed E-state index contributed by atoms with van der Waals surface area (Å²) >= 11 is 0. The monoisotopic (exact) mass is 372 g/mol. The second-order valence-electron chi connectivity index (χ2n) is 6.94. The Labute approximate surface area is 165 Å². The van der Waals surface area contributed by atoms with E-state index in [0.29, 0.717) is 12.1 Å². The van der Waals surface area contributed by atoms with E-state index < -0.39 is 0 Å². The maximum Gasteiger partial charge on any atom is 0.253 e. The molecule has 1 aromatic heterocycles. The van der Waals surface area contributed by atoms with Gasteiger partial charge >= 0.3 is 0 Å². The van der Waals surface area contributed by atoms with Crippen LogP contribution in [0.15, 0.2) is 79.0 Å². The van der Waals surface area contributed by atoms with Crippen molar-refractivity contribution in [2.24, 2.45) is 0 Å². The number of benzene rings is 2. The molecule has 0 unspecified atom stereocenters. The van der Waals surface area contributed by atoms with Crippen LogP contribution in [0.2, 0.25) is 0 Å². The fraction of sp³-hybridized carbons (Fsp3) is 0.217. The number of anilines is 1. The highest BCUT2D eigenvalue weighted by atomic mass is 16.1. The van der Waals surface area contributed by atoms with Crippen LogP contribution in [0.4, 0.5) is 5.82 Å². The second kappa shape index (κ2) is 8.67. The predicted molar refractivity (Wildman–Crippen MR) is 111 cm³/mol. The summed E-state index contributed by atoms with van der Waals surface area (Å²) in [4.78, 5) is 19.2. The molecule has 142 valence electrons. The minimum absolute atomic E-state index is 0.106. The van der Waals surface area contributed by atoms with Crippen LogP contribution in [0.1, 0.15) is 27.5 Å². The Morgan fingerprint density at radius 1 is 1.04 bits per heavy atom. The average Bonchev–Trinajstić information content (AvgIpc) is 2.79. The van der Waals surface area contributed by atoms with Gasteiger partial charge in [-0.05, 0) is 23.3 Å². The number of hydrogen-bond acceptors (Lipinski definition) is 4. The summed E-state index contributed by atoms with van der Waals surface area (Å²) in [6.07, 6.45) is 1.66. The molecule has 0 spiro atoms. The molecule has 0 bridgehead atoms. The predicted octanol–water partition coefficient (Wildman–Crippen LogP) is 3.16. The Hall–Kier alpha value is -3.18. The molecule has 2 aromatic carbocycles. The number of rotatable bonds is 5. The summed E-state index contributed by atoms with van der Waals surface area (Å²) in [7, 11) is 0. The van der Waals surface area contributed by atoms with Gasteiger partial charge in [0.2, 0.25) is 0 Å². The minimum Gasteiger partial charge on any atom is -0.353 e. The molecule has 1 aliphatic heterocycles. The molecule has 1 aliphatic rings. The van der Waals surface area contributed by atoms with Gasteiger partial charge in [-0.25, -0.2) is 4.98 Å². The normalized spacial score (nSPS) is 16.6. The van der Waals surface area contributed by atoms with Gasteiger partial charge in [0.25, 0.3) is 5.91 Å². The third kappa shape index (κ3) is 4.38. The van der Waals surface area contributed by atoms with E-state index in [1.54, 1.807) is 6.20 Å². The lowest BCUT2D eigenvalue weighted by atomic mass is 10.0. The van der Waals surface area contributed by atoms with Gasteiger partial charge < -0.3 is 15.5 Å². The van der Waals surface area contributed by atoms with Gasteiger partial charge in [0.15, 0.2) is 0 Å². The SMILES string of the molecule is O=C(NCc1ccccc1)c1ccc(N2CCN[C@H](c3ccccc3)C2)nc1. The zero-order valence-electron chi connectivity index (χ0n) is 15.7. The number of pyridine rings is 1. The van der Waals surface area contributed by atoms with E-state index in [2.05, 4.69) is 44.8 Å². The van der Waals surface area contributed by atoms with E-state index in [1.165, 1.54) is 5.56 Å². The molecule has 1 fully saturated rings. The van der Waals surface area contributed by atoms with Gasteiger partial charge in [-0.2, -0.15) is 0 Å². The number of carbonyl (C=O) groups excluding carboxylic acids is 1. The Bertz CT molecular complexity index is 897. The largest absolute Gasteiger partial charge is 0.353 e. The van der Waals surface area contributed by atoms with E-state index >= 15 is 0 Å².